The van der Waals surface area contributed by atoms with Crippen molar-refractivity contribution in [2.75, 3.05) is 11.4 Å². The molecule has 20 heavy (non-hydrogen) atoms. The number of rotatable bonds is 3. The molecule has 0 aromatic heterocycles. The normalized spacial score (nSPS) is 24.4. The molecule has 3 rings (SSSR count). The minimum atomic E-state index is 0.134. The van der Waals surface area contributed by atoms with E-state index in [0.29, 0.717) is 10.3 Å². The average Bonchev–Trinajstić information content (AvgIpc) is 2.82. The molecule has 2 aliphatic rings. The predicted octanol–water partition coefficient (Wildman–Crippen LogP) is 4.51. The molecule has 108 valence electrons. The van der Waals surface area contributed by atoms with Gasteiger partial charge in [-0.2, -0.15) is 0 Å². The second-order valence-electron chi connectivity index (χ2n) is 5.61. The maximum absolute atomic E-state index is 12.6. The highest BCUT2D eigenvalue weighted by atomic mass is 35.5. The van der Waals surface area contributed by atoms with Gasteiger partial charge < -0.3 is 4.90 Å². The maximum atomic E-state index is 12.6. The Morgan fingerprint density at radius 1 is 1.10 bits per heavy atom. The SMILES string of the molecule is O=C1C(SC2CCCCC2)CCN1c1ccccc1Cl. The number of para-hydroxylation sites is 1. The number of amides is 1. The largest absolute Gasteiger partial charge is 0.310 e. The minimum absolute atomic E-state index is 0.134. The molecular weight excluding hydrogens is 290 g/mol. The summed E-state index contributed by atoms with van der Waals surface area (Å²) in [7, 11) is 0. The van der Waals surface area contributed by atoms with E-state index in [4.69, 9.17) is 11.6 Å². The molecule has 1 aliphatic heterocycles. The fraction of sp³-hybridized carbons (Fsp3) is 0.562. The highest BCUT2D eigenvalue weighted by Gasteiger charge is 2.35. The fourth-order valence-electron chi connectivity index (χ4n) is 3.12. The van der Waals surface area contributed by atoms with E-state index in [0.717, 1.165) is 18.7 Å². The van der Waals surface area contributed by atoms with E-state index in [-0.39, 0.29) is 11.2 Å². The molecule has 1 aromatic carbocycles. The van der Waals surface area contributed by atoms with Crippen molar-refractivity contribution >= 4 is 35.0 Å². The van der Waals surface area contributed by atoms with Gasteiger partial charge in [0.15, 0.2) is 0 Å². The zero-order valence-corrected chi connectivity index (χ0v) is 13.1. The van der Waals surface area contributed by atoms with Crippen molar-refractivity contribution in [2.45, 2.75) is 49.0 Å². The third-order valence-corrected chi connectivity index (χ3v) is 6.15. The Morgan fingerprint density at radius 2 is 1.85 bits per heavy atom. The van der Waals surface area contributed by atoms with Crippen LogP contribution in [0.2, 0.25) is 5.02 Å². The van der Waals surface area contributed by atoms with Gasteiger partial charge in [-0.15, -0.1) is 11.8 Å². The molecule has 4 heteroatoms. The molecule has 1 heterocycles. The molecule has 1 saturated carbocycles. The zero-order chi connectivity index (χ0) is 13.9. The molecule has 0 bridgehead atoms. The number of thioether (sulfide) groups is 1. The van der Waals surface area contributed by atoms with Crippen molar-refractivity contribution in [2.24, 2.45) is 0 Å². The first kappa shape index (κ1) is 14.3. The van der Waals surface area contributed by atoms with Crippen LogP contribution in [0.15, 0.2) is 24.3 Å². The van der Waals surface area contributed by atoms with Gasteiger partial charge in [-0.05, 0) is 31.4 Å². The summed E-state index contributed by atoms with van der Waals surface area (Å²) in [5, 5.41) is 1.49. The number of carbonyl (C=O) groups excluding carboxylic acids is 1. The van der Waals surface area contributed by atoms with Crippen molar-refractivity contribution in [3.05, 3.63) is 29.3 Å². The van der Waals surface area contributed by atoms with E-state index in [2.05, 4.69) is 0 Å². The summed E-state index contributed by atoms with van der Waals surface area (Å²) in [5.41, 5.74) is 0.867. The van der Waals surface area contributed by atoms with Gasteiger partial charge in [0, 0.05) is 11.8 Å². The Labute approximate surface area is 129 Å². The lowest BCUT2D eigenvalue weighted by Crippen LogP contribution is -2.29. The molecule has 1 aliphatic carbocycles. The van der Waals surface area contributed by atoms with Gasteiger partial charge in [0.2, 0.25) is 5.91 Å². The molecule has 2 nitrogen and oxygen atoms in total. The first-order chi connectivity index (χ1) is 9.75. The third kappa shape index (κ3) is 2.99. The molecule has 1 atom stereocenters. The Hall–Kier alpha value is -0.670. The van der Waals surface area contributed by atoms with E-state index < -0.39 is 0 Å². The number of anilines is 1. The summed E-state index contributed by atoms with van der Waals surface area (Å²) < 4.78 is 0. The zero-order valence-electron chi connectivity index (χ0n) is 11.6. The van der Waals surface area contributed by atoms with Crippen molar-refractivity contribution in [1.29, 1.82) is 0 Å². The maximum Gasteiger partial charge on any atom is 0.240 e. The summed E-state index contributed by atoms with van der Waals surface area (Å²) in [6, 6.07) is 7.64. The summed E-state index contributed by atoms with van der Waals surface area (Å²) in [5.74, 6) is 0.244. The fourth-order valence-corrected chi connectivity index (χ4v) is 4.92. The van der Waals surface area contributed by atoms with E-state index in [1.54, 1.807) is 0 Å². The number of hydrogen-bond donors (Lipinski definition) is 0. The lowest BCUT2D eigenvalue weighted by Gasteiger charge is -2.24. The molecule has 1 aromatic rings. The van der Waals surface area contributed by atoms with Crippen LogP contribution < -0.4 is 4.90 Å². The van der Waals surface area contributed by atoms with Crippen molar-refractivity contribution in [1.82, 2.24) is 0 Å². The third-order valence-electron chi connectivity index (χ3n) is 4.21. The monoisotopic (exact) mass is 309 g/mol. The Morgan fingerprint density at radius 3 is 2.60 bits per heavy atom. The van der Waals surface area contributed by atoms with E-state index >= 15 is 0 Å². The summed E-state index contributed by atoms with van der Waals surface area (Å²) >= 11 is 8.11. The summed E-state index contributed by atoms with van der Waals surface area (Å²) in [6.45, 7) is 0.799. The number of benzene rings is 1. The number of halogens is 1. The smallest absolute Gasteiger partial charge is 0.240 e. The second-order valence-corrected chi connectivity index (χ2v) is 7.53. The number of carbonyl (C=O) groups is 1. The standard InChI is InChI=1S/C16H20ClNOS/c17-13-8-4-5-9-14(13)18-11-10-15(16(18)19)20-12-6-2-1-3-7-12/h4-5,8-9,12,15H,1-3,6-7,10-11H2. The van der Waals surface area contributed by atoms with Gasteiger partial charge in [-0.3, -0.25) is 4.79 Å². The molecule has 0 spiro atoms. The number of nitrogens with zero attached hydrogens (tertiary/aromatic N) is 1. The van der Waals surface area contributed by atoms with Crippen molar-refractivity contribution < 1.29 is 4.79 Å². The van der Waals surface area contributed by atoms with E-state index in [1.807, 2.05) is 40.9 Å². The van der Waals surface area contributed by atoms with Gasteiger partial charge in [0.25, 0.3) is 0 Å². The predicted molar refractivity (Wildman–Crippen MR) is 86.7 cm³/mol. The Balaban J connectivity index is 1.66. The van der Waals surface area contributed by atoms with Gasteiger partial charge in [-0.1, -0.05) is 43.0 Å². The topological polar surface area (TPSA) is 20.3 Å². The van der Waals surface area contributed by atoms with Gasteiger partial charge in [-0.25, -0.2) is 0 Å². The first-order valence-electron chi connectivity index (χ1n) is 7.47. The van der Waals surface area contributed by atoms with Crippen LogP contribution in [0.1, 0.15) is 38.5 Å². The van der Waals surface area contributed by atoms with Crippen LogP contribution in [0, 0.1) is 0 Å². The summed E-state index contributed by atoms with van der Waals surface area (Å²) in [6.07, 6.45) is 7.52. The second kappa shape index (κ2) is 6.40. The number of hydrogen-bond acceptors (Lipinski definition) is 2. The Bertz CT molecular complexity index is 487. The summed E-state index contributed by atoms with van der Waals surface area (Å²) in [4.78, 5) is 14.4. The van der Waals surface area contributed by atoms with Gasteiger partial charge in [0.05, 0.1) is 16.0 Å². The minimum Gasteiger partial charge on any atom is -0.310 e. The first-order valence-corrected chi connectivity index (χ1v) is 8.79. The molecule has 0 radical (unpaired) electrons. The molecular formula is C16H20ClNOS. The molecule has 1 unspecified atom stereocenters. The van der Waals surface area contributed by atoms with E-state index in [9.17, 15) is 4.79 Å². The van der Waals surface area contributed by atoms with Crippen LogP contribution in [0.5, 0.6) is 0 Å². The van der Waals surface area contributed by atoms with Gasteiger partial charge >= 0.3 is 0 Å². The van der Waals surface area contributed by atoms with Crippen LogP contribution in [0.3, 0.4) is 0 Å². The van der Waals surface area contributed by atoms with E-state index in [1.165, 1.54) is 32.1 Å². The van der Waals surface area contributed by atoms with Crippen molar-refractivity contribution in [3.63, 3.8) is 0 Å². The van der Waals surface area contributed by atoms with Gasteiger partial charge in [0.1, 0.15) is 0 Å². The van der Waals surface area contributed by atoms with Crippen LogP contribution in [0.4, 0.5) is 5.69 Å². The molecule has 0 N–H and O–H groups in total. The Kier molecular flexibility index (Phi) is 4.57. The van der Waals surface area contributed by atoms with Crippen LogP contribution >= 0.6 is 23.4 Å². The lowest BCUT2D eigenvalue weighted by atomic mass is 10.0. The van der Waals surface area contributed by atoms with Crippen molar-refractivity contribution in [3.8, 4) is 0 Å². The highest BCUT2D eigenvalue weighted by Crippen LogP contribution is 2.37. The molecule has 1 saturated heterocycles. The quantitative estimate of drug-likeness (QED) is 0.818. The highest BCUT2D eigenvalue weighted by molar-refractivity contribution is 8.01. The van der Waals surface area contributed by atoms with Crippen LogP contribution in [0.25, 0.3) is 0 Å². The lowest BCUT2D eigenvalue weighted by molar-refractivity contribution is -0.116. The molecule has 1 amide bonds. The van der Waals surface area contributed by atoms with Crippen LogP contribution in [-0.4, -0.2) is 23.0 Å². The average molecular weight is 310 g/mol. The molecule has 2 fully saturated rings. The van der Waals surface area contributed by atoms with Crippen LogP contribution in [-0.2, 0) is 4.79 Å².